The summed E-state index contributed by atoms with van der Waals surface area (Å²) in [5.74, 6) is -1.82. The second kappa shape index (κ2) is 4.48. The van der Waals surface area contributed by atoms with Crippen LogP contribution in [-0.4, -0.2) is 9.97 Å². The minimum absolute atomic E-state index is 0.0407. The molecule has 0 aliphatic heterocycles. The highest BCUT2D eigenvalue weighted by Gasteiger charge is 2.10. The summed E-state index contributed by atoms with van der Waals surface area (Å²) in [6, 6.07) is 6.80. The molecule has 0 aliphatic rings. The molecule has 2 N–H and O–H groups in total. The van der Waals surface area contributed by atoms with Crippen molar-refractivity contribution in [3.63, 3.8) is 0 Å². The number of nitrogens with two attached hydrogens (primary N) is 1. The molecule has 0 aliphatic carbocycles. The first-order chi connectivity index (χ1) is 9.52. The second-order valence-electron chi connectivity index (χ2n) is 4.25. The number of rotatable bonds is 1. The van der Waals surface area contributed by atoms with Crippen molar-refractivity contribution in [2.45, 2.75) is 0 Å². The summed E-state index contributed by atoms with van der Waals surface area (Å²) in [7, 11) is 0. The molecule has 2 aromatic carbocycles. The number of nitrogens with zero attached hydrogens (tertiary/aromatic N) is 2. The van der Waals surface area contributed by atoms with Crippen LogP contribution in [0.3, 0.4) is 0 Å². The predicted molar refractivity (Wildman–Crippen MR) is 69.3 cm³/mol. The van der Waals surface area contributed by atoms with Crippen molar-refractivity contribution >= 4 is 16.7 Å². The Bertz CT molecular complexity index is 798. The molecular weight excluding hydrogens is 267 g/mol. The van der Waals surface area contributed by atoms with Gasteiger partial charge in [-0.25, -0.2) is 23.1 Å². The van der Waals surface area contributed by atoms with Crippen molar-refractivity contribution in [2.75, 3.05) is 5.73 Å². The number of hydrogen-bond donors (Lipinski definition) is 1. The van der Waals surface area contributed by atoms with Gasteiger partial charge in [-0.05, 0) is 24.3 Å². The van der Waals surface area contributed by atoms with E-state index in [0.717, 1.165) is 18.2 Å². The number of aromatic nitrogens is 2. The van der Waals surface area contributed by atoms with Crippen molar-refractivity contribution < 1.29 is 13.2 Å². The van der Waals surface area contributed by atoms with Crippen LogP contribution in [0.15, 0.2) is 36.4 Å². The van der Waals surface area contributed by atoms with Crippen molar-refractivity contribution in [2.24, 2.45) is 0 Å². The highest BCUT2D eigenvalue weighted by molar-refractivity contribution is 5.89. The molecule has 0 amide bonds. The molecule has 0 bridgehead atoms. The largest absolute Gasteiger partial charge is 0.383 e. The molecule has 6 heteroatoms. The van der Waals surface area contributed by atoms with Gasteiger partial charge in [-0.15, -0.1) is 0 Å². The van der Waals surface area contributed by atoms with E-state index in [9.17, 15) is 13.2 Å². The van der Waals surface area contributed by atoms with E-state index in [1.807, 2.05) is 0 Å². The molecule has 0 saturated carbocycles. The Hall–Kier alpha value is -2.63. The first-order valence-corrected chi connectivity index (χ1v) is 5.72. The average Bonchev–Trinajstić information content (AvgIpc) is 2.36. The van der Waals surface area contributed by atoms with Gasteiger partial charge < -0.3 is 5.73 Å². The number of fused-ring (bicyclic) bond motifs is 1. The fourth-order valence-corrected chi connectivity index (χ4v) is 1.94. The predicted octanol–water partition coefficient (Wildman–Crippen LogP) is 3.30. The summed E-state index contributed by atoms with van der Waals surface area (Å²) in [5.41, 5.74) is 6.17. The maximum Gasteiger partial charge on any atom is 0.162 e. The van der Waals surface area contributed by atoms with Crippen LogP contribution in [0, 0.1) is 17.5 Å². The van der Waals surface area contributed by atoms with Gasteiger partial charge in [0.15, 0.2) is 5.82 Å². The Morgan fingerprint density at radius 2 is 1.50 bits per heavy atom. The topological polar surface area (TPSA) is 51.8 Å². The summed E-state index contributed by atoms with van der Waals surface area (Å²) in [6.07, 6.45) is 0. The first kappa shape index (κ1) is 12.4. The van der Waals surface area contributed by atoms with Gasteiger partial charge in [-0.1, -0.05) is 0 Å². The van der Waals surface area contributed by atoms with Gasteiger partial charge in [0, 0.05) is 23.1 Å². The monoisotopic (exact) mass is 275 g/mol. The van der Waals surface area contributed by atoms with Crippen LogP contribution < -0.4 is 5.73 Å². The van der Waals surface area contributed by atoms with Gasteiger partial charge >= 0.3 is 0 Å². The Balaban J connectivity index is 2.26. The number of hydrogen-bond acceptors (Lipinski definition) is 3. The Morgan fingerprint density at radius 1 is 0.800 bits per heavy atom. The summed E-state index contributed by atoms with van der Waals surface area (Å²) < 4.78 is 39.6. The molecule has 0 saturated heterocycles. The first-order valence-electron chi connectivity index (χ1n) is 5.72. The number of nitrogen functional groups attached to an aromatic ring is 1. The molecule has 3 rings (SSSR count). The molecule has 100 valence electrons. The minimum Gasteiger partial charge on any atom is -0.383 e. The van der Waals surface area contributed by atoms with Crippen LogP contribution >= 0.6 is 0 Å². The molecule has 0 radical (unpaired) electrons. The average molecular weight is 275 g/mol. The Labute approximate surface area is 111 Å². The third-order valence-corrected chi connectivity index (χ3v) is 2.81. The third-order valence-electron chi connectivity index (χ3n) is 2.81. The SMILES string of the molecule is Nc1nc(-c2cc(F)cc(F)c2)nc2cc(F)ccc12. The van der Waals surface area contributed by atoms with Gasteiger partial charge in [-0.2, -0.15) is 0 Å². The third kappa shape index (κ3) is 2.16. The maximum atomic E-state index is 13.2. The summed E-state index contributed by atoms with van der Waals surface area (Å²) in [5, 5.41) is 0.479. The molecule has 0 spiro atoms. The van der Waals surface area contributed by atoms with Crippen LogP contribution in [0.4, 0.5) is 19.0 Å². The fraction of sp³-hybridized carbons (Fsp3) is 0. The molecule has 1 heterocycles. The van der Waals surface area contributed by atoms with E-state index in [0.29, 0.717) is 5.39 Å². The molecule has 3 nitrogen and oxygen atoms in total. The Morgan fingerprint density at radius 3 is 2.20 bits per heavy atom. The summed E-state index contributed by atoms with van der Waals surface area (Å²) in [4.78, 5) is 8.08. The zero-order chi connectivity index (χ0) is 14.3. The summed E-state index contributed by atoms with van der Waals surface area (Å²) >= 11 is 0. The van der Waals surface area contributed by atoms with E-state index in [4.69, 9.17) is 5.73 Å². The highest BCUT2D eigenvalue weighted by Crippen LogP contribution is 2.24. The molecule has 0 atom stereocenters. The number of benzene rings is 2. The van der Waals surface area contributed by atoms with Gasteiger partial charge in [0.1, 0.15) is 23.3 Å². The van der Waals surface area contributed by atoms with E-state index in [-0.39, 0.29) is 22.7 Å². The van der Waals surface area contributed by atoms with Crippen molar-refractivity contribution in [1.82, 2.24) is 9.97 Å². The minimum atomic E-state index is -0.749. The van der Waals surface area contributed by atoms with E-state index in [1.54, 1.807) is 0 Å². The number of halogens is 3. The smallest absolute Gasteiger partial charge is 0.162 e. The van der Waals surface area contributed by atoms with E-state index in [2.05, 4.69) is 9.97 Å². The second-order valence-corrected chi connectivity index (χ2v) is 4.25. The maximum absolute atomic E-state index is 13.2. The van der Waals surface area contributed by atoms with E-state index < -0.39 is 17.5 Å². The molecule has 1 aromatic heterocycles. The number of anilines is 1. The lowest BCUT2D eigenvalue weighted by Gasteiger charge is -2.06. The lowest BCUT2D eigenvalue weighted by molar-refractivity contribution is 0.584. The Kier molecular flexibility index (Phi) is 2.78. The molecule has 0 unspecified atom stereocenters. The normalized spacial score (nSPS) is 10.9. The van der Waals surface area contributed by atoms with Gasteiger partial charge in [-0.3, -0.25) is 0 Å². The molecule has 0 fully saturated rings. The summed E-state index contributed by atoms with van der Waals surface area (Å²) in [6.45, 7) is 0. The van der Waals surface area contributed by atoms with Crippen LogP contribution in [0.2, 0.25) is 0 Å². The quantitative estimate of drug-likeness (QED) is 0.741. The fourth-order valence-electron chi connectivity index (χ4n) is 1.94. The zero-order valence-electron chi connectivity index (χ0n) is 10.1. The standard InChI is InChI=1S/C14H8F3N3/c15-8-1-2-11-12(6-8)19-14(20-13(11)18)7-3-9(16)5-10(17)4-7/h1-6H,(H2,18,19,20). The molecule has 3 aromatic rings. The molecule has 20 heavy (non-hydrogen) atoms. The van der Waals surface area contributed by atoms with Crippen LogP contribution in [-0.2, 0) is 0 Å². The van der Waals surface area contributed by atoms with E-state index in [1.165, 1.54) is 18.2 Å². The van der Waals surface area contributed by atoms with Gasteiger partial charge in [0.2, 0.25) is 0 Å². The zero-order valence-corrected chi connectivity index (χ0v) is 10.1. The lowest BCUT2D eigenvalue weighted by atomic mass is 10.1. The van der Waals surface area contributed by atoms with Crippen molar-refractivity contribution in [3.8, 4) is 11.4 Å². The van der Waals surface area contributed by atoms with Crippen LogP contribution in [0.1, 0.15) is 0 Å². The van der Waals surface area contributed by atoms with Crippen molar-refractivity contribution in [1.29, 1.82) is 0 Å². The van der Waals surface area contributed by atoms with Crippen LogP contribution in [0.25, 0.3) is 22.3 Å². The lowest BCUT2D eigenvalue weighted by Crippen LogP contribution is -1.99. The van der Waals surface area contributed by atoms with Gasteiger partial charge in [0.05, 0.1) is 5.52 Å². The van der Waals surface area contributed by atoms with Gasteiger partial charge in [0.25, 0.3) is 0 Å². The van der Waals surface area contributed by atoms with Crippen LogP contribution in [0.5, 0.6) is 0 Å². The molecular formula is C14H8F3N3. The highest BCUT2D eigenvalue weighted by atomic mass is 19.1. The van der Waals surface area contributed by atoms with E-state index >= 15 is 0 Å². The van der Waals surface area contributed by atoms with Crippen molar-refractivity contribution in [3.05, 3.63) is 53.8 Å².